The number of rotatable bonds is 4. The summed E-state index contributed by atoms with van der Waals surface area (Å²) in [6, 6.07) is 7.19. The second kappa shape index (κ2) is 8.24. The van der Waals surface area contributed by atoms with E-state index in [9.17, 15) is 14.4 Å². The molecule has 2 aliphatic heterocycles. The van der Waals surface area contributed by atoms with E-state index < -0.39 is 12.1 Å². The molecule has 3 aliphatic rings. The van der Waals surface area contributed by atoms with Crippen LogP contribution in [0.25, 0.3) is 0 Å². The van der Waals surface area contributed by atoms with Gasteiger partial charge in [-0.1, -0.05) is 29.8 Å². The zero-order valence-corrected chi connectivity index (χ0v) is 17.1. The number of imide groups is 1. The highest BCUT2D eigenvalue weighted by atomic mass is 16.5. The van der Waals surface area contributed by atoms with Crippen molar-refractivity contribution < 1.29 is 19.1 Å². The monoisotopic (exact) mass is 399 g/mol. The highest BCUT2D eigenvalue weighted by Crippen LogP contribution is 2.35. The molecule has 1 aromatic rings. The van der Waals surface area contributed by atoms with Crippen LogP contribution in [0.2, 0.25) is 0 Å². The number of carbonyl (C=O) groups excluding carboxylic acids is 3. The summed E-state index contributed by atoms with van der Waals surface area (Å²) < 4.78 is 5.77. The molecule has 0 radical (unpaired) electrons. The van der Waals surface area contributed by atoms with Crippen LogP contribution in [0.3, 0.4) is 0 Å². The van der Waals surface area contributed by atoms with Gasteiger partial charge in [0.1, 0.15) is 6.61 Å². The van der Waals surface area contributed by atoms with Crippen LogP contribution >= 0.6 is 0 Å². The fraction of sp³-hybridized carbons (Fsp3) is 0.591. The summed E-state index contributed by atoms with van der Waals surface area (Å²) in [5.41, 5.74) is 1.94. The minimum absolute atomic E-state index is 0.0397. The lowest BCUT2D eigenvalue weighted by molar-refractivity contribution is -0.170. The first-order valence-electron chi connectivity index (χ1n) is 10.5. The van der Waals surface area contributed by atoms with E-state index >= 15 is 0 Å². The fourth-order valence-corrected chi connectivity index (χ4v) is 4.28. The predicted octanol–water partition coefficient (Wildman–Crippen LogP) is 1.41. The van der Waals surface area contributed by atoms with Crippen LogP contribution < -0.4 is 5.32 Å². The van der Waals surface area contributed by atoms with Gasteiger partial charge in [-0.15, -0.1) is 0 Å². The molecular weight excluding hydrogens is 370 g/mol. The second-order valence-corrected chi connectivity index (χ2v) is 8.41. The minimum atomic E-state index is -0.874. The number of morpholine rings is 1. The number of hydrogen-bond donors (Lipinski definition) is 1. The molecule has 7 nitrogen and oxygen atoms in total. The van der Waals surface area contributed by atoms with E-state index in [1.54, 1.807) is 11.9 Å². The molecule has 2 heterocycles. The predicted molar refractivity (Wildman–Crippen MR) is 107 cm³/mol. The number of ether oxygens (including phenoxy) is 1. The lowest BCUT2D eigenvalue weighted by Crippen LogP contribution is -2.57. The molecule has 3 fully saturated rings. The van der Waals surface area contributed by atoms with Gasteiger partial charge in [0.25, 0.3) is 5.91 Å². The highest BCUT2D eigenvalue weighted by molar-refractivity contribution is 6.00. The molecule has 1 saturated carbocycles. The minimum Gasteiger partial charge on any atom is -0.356 e. The van der Waals surface area contributed by atoms with Gasteiger partial charge in [-0.25, -0.2) is 0 Å². The number of nitrogens with zero attached hydrogens (tertiary/aromatic N) is 2. The molecule has 4 rings (SSSR count). The number of carbonyl (C=O) groups is 3. The third kappa shape index (κ3) is 4.07. The molecule has 3 atom stereocenters. The molecule has 1 N–H and O–H groups in total. The van der Waals surface area contributed by atoms with E-state index in [1.807, 2.05) is 31.2 Å². The second-order valence-electron chi connectivity index (χ2n) is 8.41. The molecule has 1 aromatic carbocycles. The number of nitrogens with one attached hydrogen (secondary N) is 1. The Bertz CT molecular complexity index is 784. The summed E-state index contributed by atoms with van der Waals surface area (Å²) in [5, 5.41) is 3.26. The number of aryl methyl sites for hydroxylation is 1. The van der Waals surface area contributed by atoms with Gasteiger partial charge in [0, 0.05) is 19.6 Å². The van der Waals surface area contributed by atoms with Crippen molar-refractivity contribution in [1.29, 1.82) is 0 Å². The Morgan fingerprint density at radius 2 is 1.86 bits per heavy atom. The molecule has 0 spiro atoms. The quantitative estimate of drug-likeness (QED) is 0.775. The maximum atomic E-state index is 13.6. The van der Waals surface area contributed by atoms with Crippen molar-refractivity contribution in [3.8, 4) is 0 Å². The van der Waals surface area contributed by atoms with Crippen molar-refractivity contribution in [3.05, 3.63) is 35.4 Å². The van der Waals surface area contributed by atoms with Crippen molar-refractivity contribution in [2.75, 3.05) is 26.7 Å². The molecule has 3 unspecified atom stereocenters. The highest BCUT2D eigenvalue weighted by Gasteiger charge is 2.48. The molecule has 2 saturated heterocycles. The van der Waals surface area contributed by atoms with Crippen molar-refractivity contribution >= 4 is 17.7 Å². The van der Waals surface area contributed by atoms with Crippen LogP contribution in [0.4, 0.5) is 0 Å². The number of benzene rings is 1. The zero-order valence-electron chi connectivity index (χ0n) is 17.1. The number of likely N-dealkylation sites (N-methyl/N-ethyl adjacent to an activating group) is 1. The first-order chi connectivity index (χ1) is 14.0. The smallest absolute Gasteiger partial charge is 0.261 e. The van der Waals surface area contributed by atoms with E-state index in [-0.39, 0.29) is 36.3 Å². The normalized spacial score (nSPS) is 27.6. The van der Waals surface area contributed by atoms with E-state index in [4.69, 9.17) is 4.74 Å². The Hall–Kier alpha value is -2.25. The van der Waals surface area contributed by atoms with Crippen LogP contribution in [0, 0.1) is 12.8 Å². The van der Waals surface area contributed by atoms with Crippen LogP contribution in [-0.2, 0) is 19.1 Å². The van der Waals surface area contributed by atoms with Gasteiger partial charge in [-0.3, -0.25) is 19.3 Å². The molecule has 3 amide bonds. The molecular formula is C22H29N3O4. The van der Waals surface area contributed by atoms with Gasteiger partial charge in [0.05, 0.1) is 12.0 Å². The number of piperidine rings is 1. The lowest BCUT2D eigenvalue weighted by atomic mass is 9.94. The van der Waals surface area contributed by atoms with Gasteiger partial charge < -0.3 is 15.0 Å². The fourth-order valence-electron chi connectivity index (χ4n) is 4.28. The van der Waals surface area contributed by atoms with Gasteiger partial charge in [0.2, 0.25) is 11.8 Å². The summed E-state index contributed by atoms with van der Waals surface area (Å²) >= 11 is 0. The maximum absolute atomic E-state index is 13.6. The van der Waals surface area contributed by atoms with Gasteiger partial charge in [-0.2, -0.15) is 0 Å². The van der Waals surface area contributed by atoms with Crippen molar-refractivity contribution in [1.82, 2.24) is 15.1 Å². The maximum Gasteiger partial charge on any atom is 0.261 e. The Labute approximate surface area is 171 Å². The molecule has 1 aliphatic carbocycles. The summed E-state index contributed by atoms with van der Waals surface area (Å²) in [6.07, 6.45) is 2.55. The number of hydrogen-bond acceptors (Lipinski definition) is 5. The van der Waals surface area contributed by atoms with Gasteiger partial charge in [-0.05, 0) is 44.7 Å². The molecule has 0 aromatic heterocycles. The number of amides is 3. The Balaban J connectivity index is 1.62. The Morgan fingerprint density at radius 3 is 2.48 bits per heavy atom. The molecule has 29 heavy (non-hydrogen) atoms. The summed E-state index contributed by atoms with van der Waals surface area (Å²) in [5.74, 6) is -0.752. The van der Waals surface area contributed by atoms with E-state index in [2.05, 4.69) is 5.32 Å². The average Bonchev–Trinajstić information content (AvgIpc) is 3.56. The van der Waals surface area contributed by atoms with E-state index in [1.165, 1.54) is 4.90 Å². The Morgan fingerprint density at radius 1 is 1.14 bits per heavy atom. The van der Waals surface area contributed by atoms with Gasteiger partial charge >= 0.3 is 0 Å². The van der Waals surface area contributed by atoms with Crippen LogP contribution in [0.5, 0.6) is 0 Å². The van der Waals surface area contributed by atoms with Gasteiger partial charge in [0.15, 0.2) is 6.10 Å². The summed E-state index contributed by atoms with van der Waals surface area (Å²) in [7, 11) is 1.70. The molecule has 156 valence electrons. The van der Waals surface area contributed by atoms with E-state index in [0.29, 0.717) is 6.54 Å². The Kier molecular flexibility index (Phi) is 5.69. The van der Waals surface area contributed by atoms with Crippen molar-refractivity contribution in [2.45, 2.75) is 50.8 Å². The third-order valence-corrected chi connectivity index (χ3v) is 6.18. The average molecular weight is 399 g/mol. The molecule has 0 bridgehead atoms. The standard InChI is InChI=1S/C22H29N3O4/c1-14-5-7-15(8-6-14)19-20(29-13-18(26)24(19)2)22(28)25(17-9-10-17)21(27)16-4-3-11-23-12-16/h5-8,16-17,19-20,23H,3-4,9-13H2,1-2H3. The van der Waals surface area contributed by atoms with Crippen molar-refractivity contribution in [2.24, 2.45) is 5.92 Å². The topological polar surface area (TPSA) is 79.0 Å². The summed E-state index contributed by atoms with van der Waals surface area (Å²) in [6.45, 7) is 3.37. The summed E-state index contributed by atoms with van der Waals surface area (Å²) in [4.78, 5) is 42.2. The van der Waals surface area contributed by atoms with Crippen LogP contribution in [0.15, 0.2) is 24.3 Å². The first-order valence-corrected chi connectivity index (χ1v) is 10.5. The van der Waals surface area contributed by atoms with Crippen LogP contribution in [0.1, 0.15) is 42.9 Å². The zero-order chi connectivity index (χ0) is 20.5. The SMILES string of the molecule is Cc1ccc(C2C(C(=O)N(C(=O)C3CCCNC3)C3CC3)OCC(=O)N2C)cc1. The molecule has 7 heteroatoms. The first kappa shape index (κ1) is 20.0. The van der Waals surface area contributed by atoms with Crippen LogP contribution in [-0.4, -0.2) is 66.4 Å². The largest absolute Gasteiger partial charge is 0.356 e. The lowest BCUT2D eigenvalue weighted by Gasteiger charge is -2.40. The third-order valence-electron chi connectivity index (χ3n) is 6.18. The van der Waals surface area contributed by atoms with E-state index in [0.717, 1.165) is 43.4 Å². The van der Waals surface area contributed by atoms with Crippen molar-refractivity contribution in [3.63, 3.8) is 0 Å².